The topological polar surface area (TPSA) is 83.8 Å². The molecule has 1 atom stereocenters. The number of carbonyl (C=O) groups excluding carboxylic acids is 1. The monoisotopic (exact) mass is 274 g/mol. The summed E-state index contributed by atoms with van der Waals surface area (Å²) in [6.45, 7) is 2.22. The van der Waals surface area contributed by atoms with Crippen LogP contribution in [0.15, 0.2) is 24.5 Å². The Morgan fingerprint density at radius 3 is 3.16 bits per heavy atom. The van der Waals surface area contributed by atoms with Crippen LogP contribution in [0.25, 0.3) is 0 Å². The van der Waals surface area contributed by atoms with Gasteiger partial charge < -0.3 is 11.1 Å². The maximum absolute atomic E-state index is 12.0. The van der Waals surface area contributed by atoms with E-state index in [1.54, 1.807) is 18.5 Å². The van der Waals surface area contributed by atoms with Gasteiger partial charge in [-0.2, -0.15) is 5.10 Å². The molecule has 6 heteroatoms. The van der Waals surface area contributed by atoms with Crippen LogP contribution in [0.5, 0.6) is 0 Å². The second kappa shape index (κ2) is 6.18. The van der Waals surface area contributed by atoms with Crippen LogP contribution in [-0.2, 0) is 0 Å². The van der Waals surface area contributed by atoms with Crippen molar-refractivity contribution in [1.29, 1.82) is 0 Å². The van der Waals surface area contributed by atoms with Gasteiger partial charge in [0, 0.05) is 11.8 Å². The number of thiophene rings is 1. The molecule has 0 radical (unpaired) electrons. The summed E-state index contributed by atoms with van der Waals surface area (Å²) in [6.07, 6.45) is 3.45. The molecule has 0 fully saturated rings. The molecule has 0 aliphatic carbocycles. The van der Waals surface area contributed by atoms with Gasteiger partial charge in [-0.15, -0.1) is 11.3 Å². The highest BCUT2D eigenvalue weighted by molar-refractivity contribution is 7.14. The van der Waals surface area contributed by atoms with Crippen LogP contribution in [0.1, 0.15) is 33.1 Å². The van der Waals surface area contributed by atoms with Crippen molar-refractivity contribution in [2.24, 2.45) is 5.73 Å². The molecule has 0 aromatic carbocycles. The number of amides is 1. The van der Waals surface area contributed by atoms with Crippen molar-refractivity contribution < 1.29 is 4.79 Å². The van der Waals surface area contributed by atoms with Crippen LogP contribution in [0.4, 0.5) is 0 Å². The van der Waals surface area contributed by atoms with Gasteiger partial charge in [0.05, 0.1) is 28.5 Å². The molecule has 0 spiro atoms. The number of rotatable bonds is 3. The Balaban J connectivity index is 2.02. The van der Waals surface area contributed by atoms with E-state index in [0.29, 0.717) is 11.4 Å². The van der Waals surface area contributed by atoms with E-state index < -0.39 is 0 Å². The highest BCUT2D eigenvalue weighted by atomic mass is 32.1. The Bertz CT molecular complexity index is 606. The van der Waals surface area contributed by atoms with Gasteiger partial charge in [0.25, 0.3) is 5.91 Å². The highest BCUT2D eigenvalue weighted by Crippen LogP contribution is 2.17. The fourth-order valence-electron chi connectivity index (χ4n) is 1.51. The summed E-state index contributed by atoms with van der Waals surface area (Å²) in [4.78, 5) is 13.5. The molecule has 0 aliphatic rings. The molecule has 1 amide bonds. The lowest BCUT2D eigenvalue weighted by molar-refractivity contribution is 0.0944. The van der Waals surface area contributed by atoms with E-state index in [-0.39, 0.29) is 11.9 Å². The number of nitrogens with one attached hydrogen (secondary N) is 2. The largest absolute Gasteiger partial charge is 0.345 e. The zero-order valence-corrected chi connectivity index (χ0v) is 11.3. The maximum atomic E-state index is 12.0. The lowest BCUT2D eigenvalue weighted by Gasteiger charge is -2.10. The molecule has 4 N–H and O–H groups in total. The molecule has 0 bridgehead atoms. The second-order valence-electron chi connectivity index (χ2n) is 3.90. The normalized spacial score (nSPS) is 11.5. The van der Waals surface area contributed by atoms with E-state index >= 15 is 0 Å². The Kier molecular flexibility index (Phi) is 4.34. The molecule has 0 aliphatic heterocycles. The van der Waals surface area contributed by atoms with Crippen molar-refractivity contribution in [2.45, 2.75) is 13.0 Å². The van der Waals surface area contributed by atoms with Gasteiger partial charge in [-0.05, 0) is 19.1 Å². The Labute approximate surface area is 115 Å². The third-order valence-electron chi connectivity index (χ3n) is 2.51. The number of aromatic amines is 1. The molecule has 1 unspecified atom stereocenters. The first-order valence-electron chi connectivity index (χ1n) is 5.79. The van der Waals surface area contributed by atoms with Gasteiger partial charge in [0.2, 0.25) is 0 Å². The molecule has 2 aromatic heterocycles. The number of aromatic nitrogens is 2. The Hall–Kier alpha value is -2.10. The molecule has 19 heavy (non-hydrogen) atoms. The van der Waals surface area contributed by atoms with Crippen molar-refractivity contribution in [1.82, 2.24) is 15.5 Å². The van der Waals surface area contributed by atoms with Crippen molar-refractivity contribution in [3.8, 4) is 11.8 Å². The van der Waals surface area contributed by atoms with Gasteiger partial charge in [0.15, 0.2) is 0 Å². The molecular formula is C13H14N4OS. The number of carbonyl (C=O) groups is 1. The van der Waals surface area contributed by atoms with Crippen LogP contribution in [0.2, 0.25) is 0 Å². The fourth-order valence-corrected chi connectivity index (χ4v) is 2.30. The van der Waals surface area contributed by atoms with Crippen molar-refractivity contribution in [2.75, 3.05) is 6.54 Å². The lowest BCUT2D eigenvalue weighted by Crippen LogP contribution is -2.25. The van der Waals surface area contributed by atoms with Gasteiger partial charge >= 0.3 is 0 Å². The third-order valence-corrected chi connectivity index (χ3v) is 3.51. The molecule has 0 saturated heterocycles. The summed E-state index contributed by atoms with van der Waals surface area (Å²) in [6, 6.07) is 3.50. The molecular weight excluding hydrogens is 260 g/mol. The lowest BCUT2D eigenvalue weighted by atomic mass is 10.2. The van der Waals surface area contributed by atoms with E-state index in [0.717, 1.165) is 10.4 Å². The second-order valence-corrected chi connectivity index (χ2v) is 4.98. The predicted octanol–water partition coefficient (Wildman–Crippen LogP) is 1.27. The van der Waals surface area contributed by atoms with Crippen LogP contribution >= 0.6 is 11.3 Å². The average Bonchev–Trinajstić information content (AvgIpc) is 3.07. The Morgan fingerprint density at radius 1 is 1.63 bits per heavy atom. The number of hydrogen-bond acceptors (Lipinski definition) is 4. The number of nitrogens with zero attached hydrogens (tertiary/aromatic N) is 1. The summed E-state index contributed by atoms with van der Waals surface area (Å²) in [5, 5.41) is 9.49. The van der Waals surface area contributed by atoms with Gasteiger partial charge in [-0.3, -0.25) is 9.89 Å². The van der Waals surface area contributed by atoms with E-state index in [1.165, 1.54) is 11.3 Å². The van der Waals surface area contributed by atoms with E-state index in [1.807, 2.05) is 13.0 Å². The molecule has 5 nitrogen and oxygen atoms in total. The van der Waals surface area contributed by atoms with Gasteiger partial charge in [-0.1, -0.05) is 11.8 Å². The molecule has 2 aromatic rings. The summed E-state index contributed by atoms with van der Waals surface area (Å²) in [7, 11) is 0. The van der Waals surface area contributed by atoms with Crippen molar-refractivity contribution in [3.63, 3.8) is 0 Å². The van der Waals surface area contributed by atoms with Crippen LogP contribution in [-0.4, -0.2) is 22.6 Å². The van der Waals surface area contributed by atoms with E-state index in [4.69, 9.17) is 5.73 Å². The Morgan fingerprint density at radius 2 is 2.47 bits per heavy atom. The van der Waals surface area contributed by atoms with Crippen LogP contribution < -0.4 is 11.1 Å². The number of hydrogen-bond donors (Lipinski definition) is 3. The highest BCUT2D eigenvalue weighted by Gasteiger charge is 2.13. The number of H-pyrrole nitrogens is 1. The third kappa shape index (κ3) is 3.44. The summed E-state index contributed by atoms with van der Waals surface area (Å²) in [5.41, 5.74) is 6.24. The maximum Gasteiger partial charge on any atom is 0.261 e. The minimum Gasteiger partial charge on any atom is -0.345 e. The van der Waals surface area contributed by atoms with Gasteiger partial charge in [-0.25, -0.2) is 0 Å². The molecule has 2 heterocycles. The van der Waals surface area contributed by atoms with Crippen LogP contribution in [0, 0.1) is 11.8 Å². The molecule has 2 rings (SSSR count). The first-order chi connectivity index (χ1) is 9.20. The molecule has 0 saturated carbocycles. The average molecular weight is 274 g/mol. The standard InChI is InChI=1S/C13H14N4OS/c1-9(10-7-15-16-8-10)17-13(18)12-5-4-11(19-12)3-2-6-14/h4-5,7-9H,6,14H2,1H3,(H,15,16)(H,17,18). The van der Waals surface area contributed by atoms with E-state index in [9.17, 15) is 4.79 Å². The predicted molar refractivity (Wildman–Crippen MR) is 74.7 cm³/mol. The fraction of sp³-hybridized carbons (Fsp3) is 0.231. The summed E-state index contributed by atoms with van der Waals surface area (Å²) < 4.78 is 0. The minimum absolute atomic E-state index is 0.0908. The number of nitrogens with two attached hydrogens (primary N) is 1. The zero-order valence-electron chi connectivity index (χ0n) is 10.4. The zero-order chi connectivity index (χ0) is 13.7. The summed E-state index contributed by atoms with van der Waals surface area (Å²) >= 11 is 1.36. The summed E-state index contributed by atoms with van der Waals surface area (Å²) in [5.74, 6) is 5.56. The smallest absolute Gasteiger partial charge is 0.261 e. The molecule has 98 valence electrons. The first kappa shape index (κ1) is 13.3. The van der Waals surface area contributed by atoms with Gasteiger partial charge in [0.1, 0.15) is 0 Å². The SMILES string of the molecule is CC(NC(=O)c1ccc(C#CCN)s1)c1cn[nH]c1. The quantitative estimate of drug-likeness (QED) is 0.737. The van der Waals surface area contributed by atoms with Crippen molar-refractivity contribution >= 4 is 17.2 Å². The first-order valence-corrected chi connectivity index (χ1v) is 6.60. The van der Waals surface area contributed by atoms with Crippen LogP contribution in [0.3, 0.4) is 0 Å². The minimum atomic E-state index is -0.112. The van der Waals surface area contributed by atoms with Crippen molar-refractivity contribution in [3.05, 3.63) is 39.8 Å². The van der Waals surface area contributed by atoms with E-state index in [2.05, 4.69) is 27.4 Å².